The third-order valence-electron chi connectivity index (χ3n) is 5.70. The molecule has 0 heterocycles. The van der Waals surface area contributed by atoms with Gasteiger partial charge in [-0.3, -0.25) is 0 Å². The van der Waals surface area contributed by atoms with Crippen LogP contribution < -0.4 is 0 Å². The molecule has 27 heavy (non-hydrogen) atoms. The van der Waals surface area contributed by atoms with Crippen molar-refractivity contribution in [3.8, 4) is 11.5 Å². The van der Waals surface area contributed by atoms with Crippen molar-refractivity contribution in [1.29, 1.82) is 0 Å². The largest absolute Gasteiger partial charge is 0.508 e. The maximum atomic E-state index is 9.62. The molecular formula is C25H28O2. The van der Waals surface area contributed by atoms with E-state index < -0.39 is 0 Å². The van der Waals surface area contributed by atoms with Gasteiger partial charge in [-0.05, 0) is 53.4 Å². The highest BCUT2D eigenvalue weighted by Crippen LogP contribution is 2.38. The summed E-state index contributed by atoms with van der Waals surface area (Å²) in [5.74, 6) is 0.570. The second-order valence-corrected chi connectivity index (χ2v) is 8.43. The van der Waals surface area contributed by atoms with Crippen molar-refractivity contribution in [2.45, 2.75) is 45.4 Å². The van der Waals surface area contributed by atoms with Crippen LogP contribution >= 0.6 is 0 Å². The molecule has 3 aromatic carbocycles. The molecule has 0 aliphatic heterocycles. The van der Waals surface area contributed by atoms with Gasteiger partial charge < -0.3 is 10.2 Å². The van der Waals surface area contributed by atoms with E-state index in [1.807, 2.05) is 24.3 Å². The molecule has 140 valence electrons. The first-order chi connectivity index (χ1) is 12.6. The number of aryl methyl sites for hydroxylation is 1. The first kappa shape index (κ1) is 19.0. The summed E-state index contributed by atoms with van der Waals surface area (Å²) < 4.78 is 0. The molecule has 0 aromatic heterocycles. The van der Waals surface area contributed by atoms with E-state index in [0.717, 1.165) is 0 Å². The number of phenolic OH excluding ortho intramolecular Hbond substituents is 2. The number of hydrogen-bond donors (Lipinski definition) is 2. The molecule has 0 saturated carbocycles. The first-order valence-corrected chi connectivity index (χ1v) is 9.32. The van der Waals surface area contributed by atoms with Crippen LogP contribution in [-0.2, 0) is 10.8 Å². The summed E-state index contributed by atoms with van der Waals surface area (Å²) in [6.07, 6.45) is 0. The van der Waals surface area contributed by atoms with E-state index in [2.05, 4.69) is 52.8 Å². The highest BCUT2D eigenvalue weighted by atomic mass is 16.3. The van der Waals surface area contributed by atoms with E-state index >= 15 is 0 Å². The normalized spacial score (nSPS) is 12.2. The SMILES string of the molecule is Cc1cc(C(C)(C)c2ccc(O)cc2)cc(C(C)(C)c2ccc(O)cc2)c1. The average Bonchev–Trinajstić information content (AvgIpc) is 2.62. The van der Waals surface area contributed by atoms with Gasteiger partial charge in [0.15, 0.2) is 0 Å². The first-order valence-electron chi connectivity index (χ1n) is 9.32. The van der Waals surface area contributed by atoms with Gasteiger partial charge in [-0.1, -0.05) is 75.7 Å². The standard InChI is InChI=1S/C25H28O2/c1-17-14-20(24(2,3)18-6-10-22(26)11-7-18)16-21(15-17)25(4,5)19-8-12-23(27)13-9-19/h6-16,26-27H,1-5H3. The van der Waals surface area contributed by atoms with Crippen molar-refractivity contribution in [1.82, 2.24) is 0 Å². The van der Waals surface area contributed by atoms with Crippen molar-refractivity contribution in [3.05, 3.63) is 94.5 Å². The third kappa shape index (κ3) is 3.71. The highest BCUT2D eigenvalue weighted by molar-refractivity contribution is 5.47. The van der Waals surface area contributed by atoms with Crippen LogP contribution in [-0.4, -0.2) is 10.2 Å². The lowest BCUT2D eigenvalue weighted by Gasteiger charge is -2.31. The van der Waals surface area contributed by atoms with Gasteiger partial charge in [0.25, 0.3) is 0 Å². The van der Waals surface area contributed by atoms with Crippen LogP contribution in [0.25, 0.3) is 0 Å². The van der Waals surface area contributed by atoms with Crippen LogP contribution in [0.2, 0.25) is 0 Å². The van der Waals surface area contributed by atoms with E-state index in [-0.39, 0.29) is 22.3 Å². The maximum absolute atomic E-state index is 9.62. The molecule has 0 unspecified atom stereocenters. The Bertz CT molecular complexity index is 857. The van der Waals surface area contributed by atoms with Crippen molar-refractivity contribution in [2.24, 2.45) is 0 Å². The molecule has 2 heteroatoms. The molecule has 2 N–H and O–H groups in total. The van der Waals surface area contributed by atoms with Crippen molar-refractivity contribution < 1.29 is 10.2 Å². The summed E-state index contributed by atoms with van der Waals surface area (Å²) in [6.45, 7) is 11.0. The summed E-state index contributed by atoms with van der Waals surface area (Å²) in [7, 11) is 0. The highest BCUT2D eigenvalue weighted by Gasteiger charge is 2.28. The zero-order valence-electron chi connectivity index (χ0n) is 16.7. The zero-order valence-corrected chi connectivity index (χ0v) is 16.7. The van der Waals surface area contributed by atoms with Gasteiger partial charge in [-0.15, -0.1) is 0 Å². The van der Waals surface area contributed by atoms with Gasteiger partial charge in [0, 0.05) is 10.8 Å². The Balaban J connectivity index is 2.08. The molecule has 3 aromatic rings. The Hall–Kier alpha value is -2.74. The molecule has 3 rings (SSSR count). The Morgan fingerprint density at radius 2 is 0.852 bits per heavy atom. The molecule has 0 amide bonds. The predicted octanol–water partition coefficient (Wildman–Crippen LogP) is 6.06. The zero-order chi connectivity index (χ0) is 19.8. The molecule has 0 radical (unpaired) electrons. The molecule has 2 nitrogen and oxygen atoms in total. The number of rotatable bonds is 4. The minimum atomic E-state index is -0.181. The Morgan fingerprint density at radius 1 is 0.519 bits per heavy atom. The lowest BCUT2D eigenvalue weighted by Crippen LogP contribution is -2.23. The van der Waals surface area contributed by atoms with Crippen molar-refractivity contribution >= 4 is 0 Å². The van der Waals surface area contributed by atoms with E-state index in [9.17, 15) is 10.2 Å². The third-order valence-corrected chi connectivity index (χ3v) is 5.70. The van der Waals surface area contributed by atoms with Crippen LogP contribution in [0.5, 0.6) is 11.5 Å². The van der Waals surface area contributed by atoms with Gasteiger partial charge in [0.2, 0.25) is 0 Å². The second kappa shape index (κ2) is 6.77. The van der Waals surface area contributed by atoms with Gasteiger partial charge >= 0.3 is 0 Å². The number of aromatic hydroxyl groups is 2. The quantitative estimate of drug-likeness (QED) is 0.594. The summed E-state index contributed by atoms with van der Waals surface area (Å²) in [5.41, 5.74) is 5.68. The number of hydrogen-bond acceptors (Lipinski definition) is 2. The van der Waals surface area contributed by atoms with Gasteiger partial charge in [0.1, 0.15) is 11.5 Å². The molecule has 0 saturated heterocycles. The van der Waals surface area contributed by atoms with E-state index in [1.54, 1.807) is 24.3 Å². The summed E-state index contributed by atoms with van der Waals surface area (Å²) in [6, 6.07) is 21.7. The van der Waals surface area contributed by atoms with Crippen LogP contribution in [0.4, 0.5) is 0 Å². The second-order valence-electron chi connectivity index (χ2n) is 8.43. The monoisotopic (exact) mass is 360 g/mol. The van der Waals surface area contributed by atoms with Crippen LogP contribution in [0.3, 0.4) is 0 Å². The fourth-order valence-corrected chi connectivity index (χ4v) is 3.59. The van der Waals surface area contributed by atoms with E-state index in [1.165, 1.54) is 27.8 Å². The minimum absolute atomic E-state index is 0.181. The van der Waals surface area contributed by atoms with Gasteiger partial charge in [-0.25, -0.2) is 0 Å². The molecule has 0 aliphatic carbocycles. The number of phenols is 2. The van der Waals surface area contributed by atoms with Crippen molar-refractivity contribution in [3.63, 3.8) is 0 Å². The lowest BCUT2D eigenvalue weighted by atomic mass is 9.72. The molecular weight excluding hydrogens is 332 g/mol. The summed E-state index contributed by atoms with van der Waals surface area (Å²) in [5, 5.41) is 19.2. The van der Waals surface area contributed by atoms with Crippen molar-refractivity contribution in [2.75, 3.05) is 0 Å². The smallest absolute Gasteiger partial charge is 0.115 e. The van der Waals surface area contributed by atoms with Crippen LogP contribution in [0.15, 0.2) is 66.7 Å². The Morgan fingerprint density at radius 3 is 1.19 bits per heavy atom. The number of benzene rings is 3. The van der Waals surface area contributed by atoms with Crippen LogP contribution in [0, 0.1) is 6.92 Å². The summed E-state index contributed by atoms with van der Waals surface area (Å²) in [4.78, 5) is 0. The van der Waals surface area contributed by atoms with E-state index in [4.69, 9.17) is 0 Å². The fourth-order valence-electron chi connectivity index (χ4n) is 3.59. The molecule has 0 fully saturated rings. The Kier molecular flexibility index (Phi) is 4.77. The average molecular weight is 360 g/mol. The summed E-state index contributed by atoms with van der Waals surface area (Å²) >= 11 is 0. The lowest BCUT2D eigenvalue weighted by molar-refractivity contribution is 0.474. The predicted molar refractivity (Wildman–Crippen MR) is 112 cm³/mol. The molecule has 0 atom stereocenters. The van der Waals surface area contributed by atoms with Gasteiger partial charge in [0.05, 0.1) is 0 Å². The Labute approximate surface area is 162 Å². The maximum Gasteiger partial charge on any atom is 0.115 e. The fraction of sp³-hybridized carbons (Fsp3) is 0.280. The van der Waals surface area contributed by atoms with Crippen LogP contribution in [0.1, 0.15) is 55.5 Å². The van der Waals surface area contributed by atoms with E-state index in [0.29, 0.717) is 0 Å². The molecule has 0 spiro atoms. The topological polar surface area (TPSA) is 40.5 Å². The minimum Gasteiger partial charge on any atom is -0.508 e. The molecule has 0 aliphatic rings. The van der Waals surface area contributed by atoms with Gasteiger partial charge in [-0.2, -0.15) is 0 Å². The molecule has 0 bridgehead atoms.